The van der Waals surface area contributed by atoms with Gasteiger partial charge in [0.25, 0.3) is 0 Å². The Morgan fingerprint density at radius 3 is 2.67 bits per heavy atom. The summed E-state index contributed by atoms with van der Waals surface area (Å²) in [6.07, 6.45) is 6.99. The largest absolute Gasteiger partial charge is 0.313 e. The van der Waals surface area contributed by atoms with Gasteiger partial charge in [0.05, 0.1) is 6.07 Å². The molecule has 0 bridgehead atoms. The molecule has 2 saturated carbocycles. The average Bonchev–Trinajstić information content (AvgIpc) is 3.09. The molecule has 2 unspecified atom stereocenters. The molecular formula is C15H27N3. The quantitative estimate of drug-likeness (QED) is 0.787. The lowest BCUT2D eigenvalue weighted by Crippen LogP contribution is -2.43. The molecule has 0 aromatic carbocycles. The second-order valence-electron chi connectivity index (χ2n) is 6.65. The molecule has 0 heterocycles. The summed E-state index contributed by atoms with van der Waals surface area (Å²) in [4.78, 5) is 2.63. The molecule has 18 heavy (non-hydrogen) atoms. The number of hydrogen-bond acceptors (Lipinski definition) is 3. The summed E-state index contributed by atoms with van der Waals surface area (Å²) < 4.78 is 0. The lowest BCUT2D eigenvalue weighted by atomic mass is 9.87. The number of nitrogens with zero attached hydrogens (tertiary/aromatic N) is 2. The Hall–Kier alpha value is -0.590. The number of hydrogen-bond donors (Lipinski definition) is 1. The first-order chi connectivity index (χ1) is 8.55. The molecular weight excluding hydrogens is 222 g/mol. The fourth-order valence-corrected chi connectivity index (χ4v) is 3.31. The van der Waals surface area contributed by atoms with E-state index >= 15 is 0 Å². The molecule has 0 aromatic heterocycles. The summed E-state index contributed by atoms with van der Waals surface area (Å²) in [6.45, 7) is 6.90. The fraction of sp³-hybridized carbons (Fsp3) is 0.933. The maximum atomic E-state index is 9.24. The highest BCUT2D eigenvalue weighted by Gasteiger charge is 2.40. The summed E-state index contributed by atoms with van der Waals surface area (Å²) in [7, 11) is 0. The monoisotopic (exact) mass is 249 g/mol. The minimum Gasteiger partial charge on any atom is -0.313 e. The lowest BCUT2D eigenvalue weighted by Gasteiger charge is -2.29. The van der Waals surface area contributed by atoms with Crippen molar-refractivity contribution in [1.82, 2.24) is 4.90 Å². The first-order valence-electron chi connectivity index (χ1n) is 7.49. The summed E-state index contributed by atoms with van der Waals surface area (Å²) in [6, 6.07) is 3.18. The highest BCUT2D eigenvalue weighted by Crippen LogP contribution is 2.36. The van der Waals surface area contributed by atoms with Crippen molar-refractivity contribution in [3.8, 4) is 6.07 Å². The van der Waals surface area contributed by atoms with Crippen LogP contribution in [-0.4, -0.2) is 29.6 Å². The number of nitriles is 1. The summed E-state index contributed by atoms with van der Waals surface area (Å²) in [5.41, 5.74) is 5.67. The van der Waals surface area contributed by atoms with E-state index in [1.807, 2.05) is 0 Å². The van der Waals surface area contributed by atoms with Crippen LogP contribution in [0.4, 0.5) is 0 Å². The molecule has 2 rings (SSSR count). The van der Waals surface area contributed by atoms with Gasteiger partial charge in [0.2, 0.25) is 0 Å². The first-order valence-corrected chi connectivity index (χ1v) is 7.49. The lowest BCUT2D eigenvalue weighted by molar-refractivity contribution is 0.207. The Kier molecular flexibility index (Phi) is 4.29. The van der Waals surface area contributed by atoms with E-state index in [-0.39, 0.29) is 0 Å². The van der Waals surface area contributed by atoms with Crippen molar-refractivity contribution in [2.75, 3.05) is 13.1 Å². The normalized spacial score (nSPS) is 32.1. The van der Waals surface area contributed by atoms with E-state index in [4.69, 9.17) is 5.73 Å². The van der Waals surface area contributed by atoms with E-state index in [1.54, 1.807) is 0 Å². The third-order valence-corrected chi connectivity index (χ3v) is 4.51. The number of nitrogens with two attached hydrogens (primary N) is 1. The second kappa shape index (κ2) is 5.59. The average molecular weight is 249 g/mol. The summed E-state index contributed by atoms with van der Waals surface area (Å²) >= 11 is 0. The van der Waals surface area contributed by atoms with Gasteiger partial charge < -0.3 is 10.6 Å². The highest BCUT2D eigenvalue weighted by molar-refractivity contribution is 5.12. The molecule has 2 N–H and O–H groups in total. The van der Waals surface area contributed by atoms with Crippen LogP contribution in [-0.2, 0) is 0 Å². The molecule has 0 aromatic rings. The molecule has 2 fully saturated rings. The minimum atomic E-state index is -0.535. The van der Waals surface area contributed by atoms with Crippen molar-refractivity contribution in [2.24, 2.45) is 17.6 Å². The van der Waals surface area contributed by atoms with Gasteiger partial charge >= 0.3 is 0 Å². The predicted octanol–water partition coefficient (Wildman–Crippen LogP) is 2.52. The van der Waals surface area contributed by atoms with Gasteiger partial charge in [-0.2, -0.15) is 5.26 Å². The zero-order chi connectivity index (χ0) is 13.2. The Bertz CT molecular complexity index is 316. The Balaban J connectivity index is 1.84. The van der Waals surface area contributed by atoms with Gasteiger partial charge in [-0.3, -0.25) is 0 Å². The van der Waals surface area contributed by atoms with Crippen LogP contribution in [0.5, 0.6) is 0 Å². The van der Waals surface area contributed by atoms with E-state index in [2.05, 4.69) is 24.8 Å². The van der Waals surface area contributed by atoms with Crippen molar-refractivity contribution in [2.45, 2.75) is 64.0 Å². The van der Waals surface area contributed by atoms with Gasteiger partial charge in [-0.15, -0.1) is 0 Å². The maximum absolute atomic E-state index is 9.24. The Morgan fingerprint density at radius 1 is 1.39 bits per heavy atom. The third kappa shape index (κ3) is 3.24. The van der Waals surface area contributed by atoms with E-state index in [0.29, 0.717) is 5.92 Å². The summed E-state index contributed by atoms with van der Waals surface area (Å²) in [5.74, 6) is 1.14. The van der Waals surface area contributed by atoms with Crippen molar-refractivity contribution in [3.05, 3.63) is 0 Å². The first kappa shape index (κ1) is 13.8. The van der Waals surface area contributed by atoms with Crippen molar-refractivity contribution in [3.63, 3.8) is 0 Å². The van der Waals surface area contributed by atoms with Crippen LogP contribution in [0.1, 0.15) is 52.4 Å². The predicted molar refractivity (Wildman–Crippen MR) is 73.9 cm³/mol. The SMILES string of the molecule is CC(C)CN(CCC1CCCC1(N)C#N)C1CC1. The third-order valence-electron chi connectivity index (χ3n) is 4.51. The number of rotatable bonds is 6. The molecule has 0 amide bonds. The van der Waals surface area contributed by atoms with Crippen LogP contribution >= 0.6 is 0 Å². The maximum Gasteiger partial charge on any atom is 0.107 e. The Labute approximate surface area is 111 Å². The van der Waals surface area contributed by atoms with Crippen molar-refractivity contribution >= 4 is 0 Å². The van der Waals surface area contributed by atoms with E-state index < -0.39 is 5.54 Å². The smallest absolute Gasteiger partial charge is 0.107 e. The minimum absolute atomic E-state index is 0.413. The van der Waals surface area contributed by atoms with E-state index in [1.165, 1.54) is 19.4 Å². The van der Waals surface area contributed by atoms with Crippen LogP contribution in [0.15, 0.2) is 0 Å². The van der Waals surface area contributed by atoms with E-state index in [0.717, 1.165) is 44.2 Å². The van der Waals surface area contributed by atoms with Crippen LogP contribution in [0, 0.1) is 23.2 Å². The Morgan fingerprint density at radius 2 is 2.11 bits per heavy atom. The van der Waals surface area contributed by atoms with E-state index in [9.17, 15) is 5.26 Å². The molecule has 2 atom stereocenters. The molecule has 0 saturated heterocycles. The molecule has 2 aliphatic carbocycles. The molecule has 0 spiro atoms. The molecule has 0 radical (unpaired) electrons. The summed E-state index contributed by atoms with van der Waals surface area (Å²) in [5, 5.41) is 9.24. The van der Waals surface area contributed by atoms with Gasteiger partial charge in [-0.25, -0.2) is 0 Å². The second-order valence-corrected chi connectivity index (χ2v) is 6.65. The molecule has 3 heteroatoms. The van der Waals surface area contributed by atoms with Gasteiger partial charge in [0, 0.05) is 12.6 Å². The zero-order valence-corrected chi connectivity index (χ0v) is 11.9. The molecule has 102 valence electrons. The standard InChI is InChI=1S/C15H27N3/c1-12(2)10-18(14-5-6-14)9-7-13-4-3-8-15(13,17)11-16/h12-14H,3-10,17H2,1-2H3. The van der Waals surface area contributed by atoms with Crippen molar-refractivity contribution < 1.29 is 0 Å². The fourth-order valence-electron chi connectivity index (χ4n) is 3.31. The van der Waals surface area contributed by atoms with Gasteiger partial charge in [0.1, 0.15) is 5.54 Å². The molecule has 2 aliphatic rings. The highest BCUT2D eigenvalue weighted by atomic mass is 15.2. The van der Waals surface area contributed by atoms with Crippen LogP contribution in [0.3, 0.4) is 0 Å². The van der Waals surface area contributed by atoms with Crippen LogP contribution < -0.4 is 5.73 Å². The van der Waals surface area contributed by atoms with Crippen LogP contribution in [0.2, 0.25) is 0 Å². The molecule has 3 nitrogen and oxygen atoms in total. The van der Waals surface area contributed by atoms with Gasteiger partial charge in [-0.05, 0) is 50.5 Å². The van der Waals surface area contributed by atoms with Crippen LogP contribution in [0.25, 0.3) is 0 Å². The zero-order valence-electron chi connectivity index (χ0n) is 11.9. The van der Waals surface area contributed by atoms with Gasteiger partial charge in [-0.1, -0.05) is 20.3 Å². The topological polar surface area (TPSA) is 53.0 Å². The van der Waals surface area contributed by atoms with Gasteiger partial charge in [0.15, 0.2) is 0 Å². The van der Waals surface area contributed by atoms with Crippen molar-refractivity contribution in [1.29, 1.82) is 5.26 Å². The molecule has 0 aliphatic heterocycles.